The number of benzene rings is 2. The number of aromatic nitrogens is 1. The first-order chi connectivity index (χ1) is 13.8. The van der Waals surface area contributed by atoms with Crippen molar-refractivity contribution in [2.45, 2.75) is 26.8 Å². The molecule has 3 rings (SSSR count). The first-order valence-electron chi connectivity index (χ1n) is 9.87. The van der Waals surface area contributed by atoms with Crippen molar-refractivity contribution in [3.05, 3.63) is 75.9 Å². The van der Waals surface area contributed by atoms with Gasteiger partial charge in [-0.3, -0.25) is 9.78 Å². The number of fused-ring (bicyclic) bond motifs is 1. The lowest BCUT2D eigenvalue weighted by Crippen LogP contribution is -2.37. The van der Waals surface area contributed by atoms with Crippen LogP contribution in [0.25, 0.3) is 10.9 Å². The minimum absolute atomic E-state index is 0.116. The molecule has 2 aromatic carbocycles. The monoisotopic (exact) mass is 409 g/mol. The first kappa shape index (κ1) is 21.3. The molecular weight excluding hydrogens is 382 g/mol. The molecule has 0 N–H and O–H groups in total. The summed E-state index contributed by atoms with van der Waals surface area (Å²) < 4.78 is 0. The maximum atomic E-state index is 13.3. The number of likely N-dealkylation sites (N-methyl/N-ethyl adjacent to an activating group) is 1. The van der Waals surface area contributed by atoms with Crippen LogP contribution in [0.1, 0.15) is 22.4 Å². The third kappa shape index (κ3) is 5.34. The highest BCUT2D eigenvalue weighted by atomic mass is 35.5. The second-order valence-electron chi connectivity index (χ2n) is 7.74. The molecular formula is C24H28ClN3O. The molecule has 0 fully saturated rings. The Labute approximate surface area is 178 Å². The Kier molecular flexibility index (Phi) is 6.88. The van der Waals surface area contributed by atoms with Gasteiger partial charge in [0.25, 0.3) is 0 Å². The second kappa shape index (κ2) is 9.38. The summed E-state index contributed by atoms with van der Waals surface area (Å²) >= 11 is 6.01. The van der Waals surface area contributed by atoms with Crippen LogP contribution in [0.15, 0.2) is 48.5 Å². The minimum atomic E-state index is 0.116. The summed E-state index contributed by atoms with van der Waals surface area (Å²) in [5.74, 6) is 0.116. The summed E-state index contributed by atoms with van der Waals surface area (Å²) in [6.07, 6.45) is 0.358. The zero-order chi connectivity index (χ0) is 21.0. The van der Waals surface area contributed by atoms with Crippen LogP contribution in [0.5, 0.6) is 0 Å². The van der Waals surface area contributed by atoms with Gasteiger partial charge in [0.05, 0.1) is 11.9 Å². The van der Waals surface area contributed by atoms with E-state index in [9.17, 15) is 4.79 Å². The Morgan fingerprint density at radius 1 is 1.00 bits per heavy atom. The smallest absolute Gasteiger partial charge is 0.227 e. The molecule has 0 unspecified atom stereocenters. The average Bonchev–Trinajstić information content (AvgIpc) is 2.69. The Morgan fingerprint density at radius 2 is 1.69 bits per heavy atom. The Hall–Kier alpha value is -2.43. The van der Waals surface area contributed by atoms with E-state index >= 15 is 0 Å². The highest BCUT2D eigenvalue weighted by Gasteiger charge is 2.19. The quantitative estimate of drug-likeness (QED) is 0.570. The molecule has 4 nitrogen and oxygen atoms in total. The van der Waals surface area contributed by atoms with Crippen LogP contribution in [0.3, 0.4) is 0 Å². The van der Waals surface area contributed by atoms with Crippen LogP contribution in [0.2, 0.25) is 5.02 Å². The van der Waals surface area contributed by atoms with E-state index in [2.05, 4.69) is 17.9 Å². The molecule has 0 saturated heterocycles. The van der Waals surface area contributed by atoms with Gasteiger partial charge in [0, 0.05) is 35.7 Å². The highest BCUT2D eigenvalue weighted by Crippen LogP contribution is 2.23. The van der Waals surface area contributed by atoms with Gasteiger partial charge < -0.3 is 9.80 Å². The Morgan fingerprint density at radius 3 is 2.38 bits per heavy atom. The lowest BCUT2D eigenvalue weighted by Gasteiger charge is -2.25. The molecule has 0 radical (unpaired) electrons. The van der Waals surface area contributed by atoms with Crippen LogP contribution in [-0.2, 0) is 17.8 Å². The molecule has 0 aliphatic heterocycles. The van der Waals surface area contributed by atoms with Crippen LogP contribution >= 0.6 is 11.6 Å². The van der Waals surface area contributed by atoms with E-state index in [1.165, 1.54) is 0 Å². The van der Waals surface area contributed by atoms with Crippen LogP contribution < -0.4 is 0 Å². The predicted octanol–water partition coefficient (Wildman–Crippen LogP) is 4.64. The van der Waals surface area contributed by atoms with Crippen molar-refractivity contribution in [1.82, 2.24) is 14.8 Å². The van der Waals surface area contributed by atoms with Crippen LogP contribution in [-0.4, -0.2) is 47.9 Å². The van der Waals surface area contributed by atoms with Crippen molar-refractivity contribution in [3.63, 3.8) is 0 Å². The molecule has 1 amide bonds. The van der Waals surface area contributed by atoms with Crippen molar-refractivity contribution in [1.29, 1.82) is 0 Å². The van der Waals surface area contributed by atoms with E-state index in [1.54, 1.807) is 0 Å². The zero-order valence-corrected chi connectivity index (χ0v) is 18.3. The number of halogens is 1. The van der Waals surface area contributed by atoms with Gasteiger partial charge >= 0.3 is 0 Å². The number of nitrogens with zero attached hydrogens (tertiary/aromatic N) is 3. The van der Waals surface area contributed by atoms with Gasteiger partial charge in [0.1, 0.15) is 0 Å². The fourth-order valence-electron chi connectivity index (χ4n) is 3.52. The molecule has 0 atom stereocenters. The summed E-state index contributed by atoms with van der Waals surface area (Å²) in [7, 11) is 4.04. The number of rotatable bonds is 7. The van der Waals surface area contributed by atoms with E-state index in [0.29, 0.717) is 24.5 Å². The predicted molar refractivity (Wildman–Crippen MR) is 120 cm³/mol. The van der Waals surface area contributed by atoms with Crippen molar-refractivity contribution in [2.75, 3.05) is 27.2 Å². The van der Waals surface area contributed by atoms with Gasteiger partial charge in [-0.25, -0.2) is 0 Å². The summed E-state index contributed by atoms with van der Waals surface area (Å²) in [5.41, 5.74) is 5.14. The van der Waals surface area contributed by atoms with E-state index in [4.69, 9.17) is 16.6 Å². The van der Waals surface area contributed by atoms with E-state index in [0.717, 1.165) is 39.8 Å². The summed E-state index contributed by atoms with van der Waals surface area (Å²) in [5, 5.41) is 1.81. The zero-order valence-electron chi connectivity index (χ0n) is 17.6. The molecule has 0 spiro atoms. The van der Waals surface area contributed by atoms with Gasteiger partial charge in [-0.1, -0.05) is 41.9 Å². The normalized spacial score (nSPS) is 11.2. The van der Waals surface area contributed by atoms with Crippen molar-refractivity contribution in [3.8, 4) is 0 Å². The van der Waals surface area contributed by atoms with Crippen molar-refractivity contribution < 1.29 is 4.79 Å². The Balaban J connectivity index is 1.85. The number of amides is 1. The maximum Gasteiger partial charge on any atom is 0.227 e. The van der Waals surface area contributed by atoms with Gasteiger partial charge in [-0.2, -0.15) is 0 Å². The standard InChI is InChI=1S/C24H28ClN3O/c1-17-21-7-5-6-8-23(21)26-18(2)22(17)15-24(29)28(14-13-27(3)4)16-19-9-11-20(25)12-10-19/h5-12H,13-16H2,1-4H3. The minimum Gasteiger partial charge on any atom is -0.337 e. The summed E-state index contributed by atoms with van der Waals surface area (Å²) in [6, 6.07) is 15.8. The van der Waals surface area contributed by atoms with E-state index < -0.39 is 0 Å². The van der Waals surface area contributed by atoms with Gasteiger partial charge in [-0.15, -0.1) is 0 Å². The number of carbonyl (C=O) groups is 1. The van der Waals surface area contributed by atoms with Crippen molar-refractivity contribution >= 4 is 28.4 Å². The third-order valence-corrected chi connectivity index (χ3v) is 5.52. The summed E-state index contributed by atoms with van der Waals surface area (Å²) in [4.78, 5) is 22.0. The highest BCUT2D eigenvalue weighted by molar-refractivity contribution is 6.30. The van der Waals surface area contributed by atoms with E-state index in [-0.39, 0.29) is 5.91 Å². The largest absolute Gasteiger partial charge is 0.337 e. The molecule has 5 heteroatoms. The molecule has 3 aromatic rings. The lowest BCUT2D eigenvalue weighted by atomic mass is 9.99. The second-order valence-corrected chi connectivity index (χ2v) is 8.18. The maximum absolute atomic E-state index is 13.3. The number of pyridine rings is 1. The molecule has 152 valence electrons. The number of hydrogen-bond acceptors (Lipinski definition) is 3. The molecule has 0 saturated carbocycles. The van der Waals surface area contributed by atoms with E-state index in [1.807, 2.05) is 68.4 Å². The van der Waals surface area contributed by atoms with Crippen LogP contribution in [0.4, 0.5) is 0 Å². The molecule has 29 heavy (non-hydrogen) atoms. The molecule has 0 bridgehead atoms. The number of hydrogen-bond donors (Lipinski definition) is 0. The van der Waals surface area contributed by atoms with Gasteiger partial charge in [0.2, 0.25) is 5.91 Å². The number of para-hydroxylation sites is 1. The third-order valence-electron chi connectivity index (χ3n) is 5.27. The molecule has 1 aromatic heterocycles. The number of carbonyl (C=O) groups excluding carboxylic acids is 1. The van der Waals surface area contributed by atoms with Gasteiger partial charge in [-0.05, 0) is 62.8 Å². The topological polar surface area (TPSA) is 36.4 Å². The molecule has 0 aliphatic carbocycles. The van der Waals surface area contributed by atoms with Crippen molar-refractivity contribution in [2.24, 2.45) is 0 Å². The van der Waals surface area contributed by atoms with Crippen LogP contribution in [0, 0.1) is 13.8 Å². The summed E-state index contributed by atoms with van der Waals surface area (Å²) in [6.45, 7) is 6.14. The molecule has 1 heterocycles. The lowest BCUT2D eigenvalue weighted by molar-refractivity contribution is -0.131. The Bertz CT molecular complexity index is 999. The number of aryl methyl sites for hydroxylation is 2. The SMILES string of the molecule is Cc1nc2ccccc2c(C)c1CC(=O)N(CCN(C)C)Cc1ccc(Cl)cc1. The molecule has 0 aliphatic rings. The van der Waals surface area contributed by atoms with Gasteiger partial charge in [0.15, 0.2) is 0 Å². The first-order valence-corrected chi connectivity index (χ1v) is 10.2. The fourth-order valence-corrected chi connectivity index (χ4v) is 3.64. The fraction of sp³-hybridized carbons (Fsp3) is 0.333. The average molecular weight is 410 g/mol.